The lowest BCUT2D eigenvalue weighted by Gasteiger charge is -2.26. The van der Waals surface area contributed by atoms with E-state index in [2.05, 4.69) is 10.1 Å². The van der Waals surface area contributed by atoms with Gasteiger partial charge >= 0.3 is 0 Å². The van der Waals surface area contributed by atoms with Gasteiger partial charge in [0, 0.05) is 24.8 Å². The highest BCUT2D eigenvalue weighted by Gasteiger charge is 2.20. The fraction of sp³-hybridized carbons (Fsp3) is 0.417. The maximum atomic E-state index is 12.3. The molecule has 0 radical (unpaired) electrons. The molecule has 2 aromatic rings. The summed E-state index contributed by atoms with van der Waals surface area (Å²) in [5.74, 6) is -0.0369. The summed E-state index contributed by atoms with van der Waals surface area (Å²) in [6.07, 6.45) is 1.68. The predicted molar refractivity (Wildman–Crippen MR) is 64.4 cm³/mol. The van der Waals surface area contributed by atoms with E-state index in [1.807, 2.05) is 6.92 Å². The predicted octanol–water partition coefficient (Wildman–Crippen LogP) is 0.510. The van der Waals surface area contributed by atoms with Crippen LogP contribution in [0.1, 0.15) is 16.2 Å². The Bertz CT molecular complexity index is 587. The second-order valence-corrected chi connectivity index (χ2v) is 4.29. The minimum Gasteiger partial charge on any atom is -0.378 e. The van der Waals surface area contributed by atoms with Crippen LogP contribution in [0.3, 0.4) is 0 Å². The first kappa shape index (κ1) is 11.2. The number of rotatable bonds is 1. The van der Waals surface area contributed by atoms with Gasteiger partial charge in [-0.3, -0.25) is 4.79 Å². The lowest BCUT2D eigenvalue weighted by atomic mass is 10.3. The minimum atomic E-state index is -0.0369. The highest BCUT2D eigenvalue weighted by atomic mass is 16.5. The van der Waals surface area contributed by atoms with Crippen molar-refractivity contribution in [2.75, 3.05) is 26.3 Å². The molecule has 0 spiro atoms. The van der Waals surface area contributed by atoms with Crippen molar-refractivity contribution < 1.29 is 9.53 Å². The lowest BCUT2D eigenvalue weighted by molar-refractivity contribution is 0.0299. The van der Waals surface area contributed by atoms with Crippen LogP contribution in [0.15, 0.2) is 18.3 Å². The minimum absolute atomic E-state index is 0.0369. The molecule has 0 saturated carbocycles. The summed E-state index contributed by atoms with van der Waals surface area (Å²) in [5.41, 5.74) is 2.08. The fourth-order valence-corrected chi connectivity index (χ4v) is 2.11. The Morgan fingerprint density at radius 2 is 2.17 bits per heavy atom. The van der Waals surface area contributed by atoms with Crippen molar-refractivity contribution in [3.63, 3.8) is 0 Å². The quantitative estimate of drug-likeness (QED) is 0.735. The Kier molecular flexibility index (Phi) is 2.71. The summed E-state index contributed by atoms with van der Waals surface area (Å²) in [5, 5.41) is 4.14. The van der Waals surface area contributed by atoms with Gasteiger partial charge in [-0.15, -0.1) is 0 Å². The summed E-state index contributed by atoms with van der Waals surface area (Å²) >= 11 is 0. The van der Waals surface area contributed by atoms with Crippen molar-refractivity contribution in [3.8, 4) is 0 Å². The molecule has 1 saturated heterocycles. The van der Waals surface area contributed by atoms with E-state index in [9.17, 15) is 4.79 Å². The highest BCUT2D eigenvalue weighted by molar-refractivity contribution is 5.93. The monoisotopic (exact) mass is 246 g/mol. The second-order valence-electron chi connectivity index (χ2n) is 4.29. The maximum Gasteiger partial charge on any atom is 0.272 e. The molecule has 0 aromatic carbocycles. The Hall–Kier alpha value is -1.95. The van der Waals surface area contributed by atoms with Crippen molar-refractivity contribution in [1.29, 1.82) is 0 Å². The Morgan fingerprint density at radius 1 is 1.39 bits per heavy atom. The number of aromatic nitrogens is 3. The van der Waals surface area contributed by atoms with Gasteiger partial charge in [-0.05, 0) is 13.0 Å². The maximum absolute atomic E-state index is 12.3. The molecule has 1 fully saturated rings. The molecule has 2 aromatic heterocycles. The van der Waals surface area contributed by atoms with Gasteiger partial charge in [0.05, 0.1) is 19.4 Å². The molecule has 1 aliphatic rings. The largest absolute Gasteiger partial charge is 0.378 e. The summed E-state index contributed by atoms with van der Waals surface area (Å²) in [6.45, 7) is 4.37. The van der Waals surface area contributed by atoms with Crippen molar-refractivity contribution in [3.05, 3.63) is 29.7 Å². The van der Waals surface area contributed by atoms with E-state index in [1.165, 1.54) is 0 Å². The molecular formula is C12H14N4O2. The van der Waals surface area contributed by atoms with E-state index in [4.69, 9.17) is 4.74 Å². The number of morpholine rings is 1. The molecule has 0 aliphatic carbocycles. The normalized spacial score (nSPS) is 16.2. The van der Waals surface area contributed by atoms with Gasteiger partial charge in [0.2, 0.25) is 0 Å². The van der Waals surface area contributed by atoms with E-state index in [1.54, 1.807) is 27.7 Å². The first-order valence-electron chi connectivity index (χ1n) is 5.94. The third-order valence-electron chi connectivity index (χ3n) is 3.05. The van der Waals surface area contributed by atoms with Gasteiger partial charge in [-0.25, -0.2) is 9.50 Å². The molecule has 18 heavy (non-hydrogen) atoms. The molecule has 6 heteroatoms. The van der Waals surface area contributed by atoms with Crippen LogP contribution >= 0.6 is 0 Å². The van der Waals surface area contributed by atoms with Crippen LogP contribution in [-0.4, -0.2) is 51.7 Å². The third kappa shape index (κ3) is 1.84. The van der Waals surface area contributed by atoms with Gasteiger partial charge in [-0.2, -0.15) is 5.10 Å². The SMILES string of the molecule is Cc1cc(C(=O)N2CCOCC2)nc2ccnn12. The molecular weight excluding hydrogens is 232 g/mol. The standard InChI is InChI=1S/C12H14N4O2/c1-9-8-10(14-11-2-3-13-16(9)11)12(17)15-4-6-18-7-5-15/h2-3,8H,4-7H2,1H3. The Labute approximate surface area is 104 Å². The molecule has 1 aliphatic heterocycles. The molecule has 0 bridgehead atoms. The summed E-state index contributed by atoms with van der Waals surface area (Å²) in [7, 11) is 0. The highest BCUT2D eigenvalue weighted by Crippen LogP contribution is 2.10. The van der Waals surface area contributed by atoms with Gasteiger partial charge in [0.1, 0.15) is 5.69 Å². The zero-order valence-corrected chi connectivity index (χ0v) is 10.2. The topological polar surface area (TPSA) is 59.7 Å². The zero-order chi connectivity index (χ0) is 12.5. The van der Waals surface area contributed by atoms with Crippen LogP contribution in [0.2, 0.25) is 0 Å². The van der Waals surface area contributed by atoms with Crippen LogP contribution in [0, 0.1) is 6.92 Å². The number of hydrogen-bond acceptors (Lipinski definition) is 4. The summed E-state index contributed by atoms with van der Waals surface area (Å²) in [4.78, 5) is 18.4. The molecule has 1 amide bonds. The van der Waals surface area contributed by atoms with Crippen molar-refractivity contribution in [2.45, 2.75) is 6.92 Å². The number of amides is 1. The summed E-state index contributed by atoms with van der Waals surface area (Å²) < 4.78 is 6.96. The average molecular weight is 246 g/mol. The Morgan fingerprint density at radius 3 is 2.94 bits per heavy atom. The van der Waals surface area contributed by atoms with Gasteiger partial charge < -0.3 is 9.64 Å². The third-order valence-corrected chi connectivity index (χ3v) is 3.05. The first-order chi connectivity index (χ1) is 8.75. The number of ether oxygens (including phenoxy) is 1. The van der Waals surface area contributed by atoms with E-state index in [-0.39, 0.29) is 5.91 Å². The fourth-order valence-electron chi connectivity index (χ4n) is 2.11. The van der Waals surface area contributed by atoms with Crippen LogP contribution in [0.4, 0.5) is 0 Å². The van der Waals surface area contributed by atoms with Gasteiger partial charge in [0.25, 0.3) is 5.91 Å². The molecule has 0 N–H and O–H groups in total. The first-order valence-corrected chi connectivity index (χ1v) is 5.94. The van der Waals surface area contributed by atoms with E-state index >= 15 is 0 Å². The van der Waals surface area contributed by atoms with Crippen LogP contribution in [0.25, 0.3) is 5.65 Å². The number of hydrogen-bond donors (Lipinski definition) is 0. The molecule has 94 valence electrons. The number of fused-ring (bicyclic) bond motifs is 1. The summed E-state index contributed by atoms with van der Waals surface area (Å²) in [6, 6.07) is 3.57. The second kappa shape index (κ2) is 4.38. The molecule has 3 heterocycles. The van der Waals surface area contributed by atoms with Crippen molar-refractivity contribution in [2.24, 2.45) is 0 Å². The van der Waals surface area contributed by atoms with E-state index in [0.29, 0.717) is 37.6 Å². The van der Waals surface area contributed by atoms with Crippen molar-refractivity contribution in [1.82, 2.24) is 19.5 Å². The molecule has 6 nitrogen and oxygen atoms in total. The zero-order valence-electron chi connectivity index (χ0n) is 10.2. The average Bonchev–Trinajstić information content (AvgIpc) is 2.88. The number of nitrogens with zero attached hydrogens (tertiary/aromatic N) is 4. The number of carbonyl (C=O) groups is 1. The number of carbonyl (C=O) groups excluding carboxylic acids is 1. The van der Waals surface area contributed by atoms with E-state index in [0.717, 1.165) is 5.69 Å². The van der Waals surface area contributed by atoms with Crippen LogP contribution in [-0.2, 0) is 4.74 Å². The van der Waals surface area contributed by atoms with E-state index < -0.39 is 0 Å². The molecule has 0 unspecified atom stereocenters. The van der Waals surface area contributed by atoms with Gasteiger partial charge in [0.15, 0.2) is 5.65 Å². The van der Waals surface area contributed by atoms with Crippen LogP contribution < -0.4 is 0 Å². The van der Waals surface area contributed by atoms with Crippen molar-refractivity contribution >= 4 is 11.6 Å². The molecule has 3 rings (SSSR count). The lowest BCUT2D eigenvalue weighted by Crippen LogP contribution is -2.41. The number of aryl methyl sites for hydroxylation is 1. The van der Waals surface area contributed by atoms with Gasteiger partial charge in [-0.1, -0.05) is 0 Å². The smallest absolute Gasteiger partial charge is 0.272 e. The molecule has 0 atom stereocenters. The Balaban J connectivity index is 1.95. The van der Waals surface area contributed by atoms with Crippen LogP contribution in [0.5, 0.6) is 0 Å².